The van der Waals surface area contributed by atoms with E-state index in [0.29, 0.717) is 24.6 Å². The second-order valence-electron chi connectivity index (χ2n) is 8.62. The maximum Gasteiger partial charge on any atom is 0.227 e. The molecule has 1 aromatic carbocycles. The predicted octanol–water partition coefficient (Wildman–Crippen LogP) is 3.98. The van der Waals surface area contributed by atoms with Gasteiger partial charge in [-0.25, -0.2) is 0 Å². The fourth-order valence-electron chi connectivity index (χ4n) is 4.68. The molecule has 4 heterocycles. The summed E-state index contributed by atoms with van der Waals surface area (Å²) in [6.07, 6.45) is 0.731. The summed E-state index contributed by atoms with van der Waals surface area (Å²) in [5.74, 6) is -0.0295. The van der Waals surface area contributed by atoms with Gasteiger partial charge in [-0.1, -0.05) is 18.2 Å². The molecule has 2 N–H and O–H groups in total. The quantitative estimate of drug-likeness (QED) is 0.449. The number of carbonyl (C=O) groups is 1. The lowest BCUT2D eigenvalue weighted by atomic mass is 9.96. The van der Waals surface area contributed by atoms with E-state index in [0.717, 1.165) is 17.6 Å². The molecule has 1 aliphatic rings. The Labute approximate surface area is 195 Å². The number of amides is 1. The van der Waals surface area contributed by atoms with Gasteiger partial charge >= 0.3 is 0 Å². The number of benzene rings is 1. The van der Waals surface area contributed by atoms with Crippen LogP contribution in [-0.2, 0) is 29.1 Å². The van der Waals surface area contributed by atoms with E-state index in [2.05, 4.69) is 11.1 Å². The van der Waals surface area contributed by atoms with Crippen LogP contribution in [0.25, 0.3) is 10.9 Å². The van der Waals surface area contributed by atoms with Gasteiger partial charge in [0.15, 0.2) is 5.76 Å². The number of methoxy groups -OCH3 is 1. The van der Waals surface area contributed by atoms with Gasteiger partial charge in [-0.05, 0) is 37.1 Å². The molecule has 0 saturated heterocycles. The standard InChI is InChI=1S/C26H26N2O6/c1-15-7-8-23(33-15)19(26-25(31)22(29)11-16(34-26)14-32-2)12-24(30)28-10-9-18-17-5-3-4-6-20(17)27-21(18)13-28/h3-8,11,19,27,31H,9-10,12-14H2,1-2H3. The lowest BCUT2D eigenvalue weighted by Crippen LogP contribution is -2.36. The fraction of sp³-hybridized carbons (Fsp3) is 0.308. The highest BCUT2D eigenvalue weighted by Crippen LogP contribution is 2.35. The van der Waals surface area contributed by atoms with Gasteiger partial charge in [0.1, 0.15) is 23.9 Å². The average molecular weight is 463 g/mol. The smallest absolute Gasteiger partial charge is 0.227 e. The molecule has 3 aromatic heterocycles. The summed E-state index contributed by atoms with van der Waals surface area (Å²) < 4.78 is 16.7. The monoisotopic (exact) mass is 462 g/mol. The second kappa shape index (κ2) is 8.87. The Kier molecular flexibility index (Phi) is 5.75. The highest BCUT2D eigenvalue weighted by atomic mass is 16.5. The molecule has 1 unspecified atom stereocenters. The summed E-state index contributed by atoms with van der Waals surface area (Å²) in [4.78, 5) is 31.0. The molecule has 0 saturated carbocycles. The number of ether oxygens (including phenoxy) is 1. The zero-order valence-corrected chi connectivity index (χ0v) is 19.1. The summed E-state index contributed by atoms with van der Waals surface area (Å²) in [7, 11) is 1.48. The highest BCUT2D eigenvalue weighted by Gasteiger charge is 2.32. The van der Waals surface area contributed by atoms with E-state index in [4.69, 9.17) is 13.6 Å². The van der Waals surface area contributed by atoms with Crippen molar-refractivity contribution in [2.24, 2.45) is 0 Å². The molecular weight excluding hydrogens is 436 g/mol. The second-order valence-corrected chi connectivity index (χ2v) is 8.62. The molecule has 5 rings (SSSR count). The van der Waals surface area contributed by atoms with Crippen molar-refractivity contribution in [3.8, 4) is 5.75 Å². The molecule has 0 aliphatic carbocycles. The van der Waals surface area contributed by atoms with Gasteiger partial charge in [0, 0.05) is 42.7 Å². The number of aryl methyl sites for hydroxylation is 1. The molecule has 1 aliphatic heterocycles. The van der Waals surface area contributed by atoms with Crippen molar-refractivity contribution < 1.29 is 23.5 Å². The zero-order chi connectivity index (χ0) is 23.8. The maximum absolute atomic E-state index is 13.4. The van der Waals surface area contributed by atoms with Gasteiger partial charge < -0.3 is 28.6 Å². The number of aromatic amines is 1. The van der Waals surface area contributed by atoms with Crippen LogP contribution in [0.15, 0.2) is 56.1 Å². The van der Waals surface area contributed by atoms with Gasteiger partial charge in [0.05, 0.1) is 12.5 Å². The van der Waals surface area contributed by atoms with Crippen molar-refractivity contribution in [3.63, 3.8) is 0 Å². The van der Waals surface area contributed by atoms with Crippen molar-refractivity contribution in [1.82, 2.24) is 9.88 Å². The Balaban J connectivity index is 1.46. The molecule has 0 spiro atoms. The number of furan rings is 1. The van der Waals surface area contributed by atoms with Crippen LogP contribution in [0.3, 0.4) is 0 Å². The van der Waals surface area contributed by atoms with Crippen LogP contribution in [0.2, 0.25) is 0 Å². The van der Waals surface area contributed by atoms with Crippen molar-refractivity contribution in [2.75, 3.05) is 13.7 Å². The van der Waals surface area contributed by atoms with E-state index < -0.39 is 17.1 Å². The molecule has 0 radical (unpaired) electrons. The lowest BCUT2D eigenvalue weighted by molar-refractivity contribution is -0.132. The maximum atomic E-state index is 13.4. The van der Waals surface area contributed by atoms with Crippen LogP contribution in [0.1, 0.15) is 46.6 Å². The number of rotatable bonds is 6. The summed E-state index contributed by atoms with van der Waals surface area (Å²) in [5.41, 5.74) is 2.75. The van der Waals surface area contributed by atoms with Crippen molar-refractivity contribution in [1.29, 1.82) is 0 Å². The third-order valence-corrected chi connectivity index (χ3v) is 6.32. The summed E-state index contributed by atoms with van der Waals surface area (Å²) >= 11 is 0. The van der Waals surface area contributed by atoms with Gasteiger partial charge in [-0.2, -0.15) is 0 Å². The Bertz CT molecular complexity index is 1410. The van der Waals surface area contributed by atoms with Gasteiger partial charge in [0.25, 0.3) is 0 Å². The van der Waals surface area contributed by atoms with E-state index in [9.17, 15) is 14.7 Å². The van der Waals surface area contributed by atoms with E-state index in [1.54, 1.807) is 24.0 Å². The Morgan fingerprint density at radius 2 is 2.06 bits per heavy atom. The van der Waals surface area contributed by atoms with Crippen molar-refractivity contribution in [2.45, 2.75) is 38.8 Å². The first-order chi connectivity index (χ1) is 16.4. The summed E-state index contributed by atoms with van der Waals surface area (Å²) in [5, 5.41) is 11.7. The predicted molar refractivity (Wildman–Crippen MR) is 125 cm³/mol. The number of fused-ring (bicyclic) bond motifs is 3. The summed E-state index contributed by atoms with van der Waals surface area (Å²) in [6, 6.07) is 12.8. The van der Waals surface area contributed by atoms with E-state index >= 15 is 0 Å². The minimum atomic E-state index is -0.755. The van der Waals surface area contributed by atoms with Crippen LogP contribution in [-0.4, -0.2) is 34.6 Å². The SMILES string of the molecule is COCc1cc(=O)c(O)c(C(CC(=O)N2CCc3c([nH]c4ccccc34)C2)c2ccc(C)o2)o1. The van der Waals surface area contributed by atoms with E-state index in [1.165, 1.54) is 24.1 Å². The third-order valence-electron chi connectivity index (χ3n) is 6.32. The average Bonchev–Trinajstić information content (AvgIpc) is 3.42. The Morgan fingerprint density at radius 3 is 2.82 bits per heavy atom. The molecule has 0 fully saturated rings. The lowest BCUT2D eigenvalue weighted by Gasteiger charge is -2.28. The highest BCUT2D eigenvalue weighted by molar-refractivity contribution is 5.85. The molecular formula is C26H26N2O6. The molecule has 1 amide bonds. The molecule has 0 bridgehead atoms. The topological polar surface area (TPSA) is 109 Å². The number of nitrogens with zero attached hydrogens (tertiary/aromatic N) is 1. The first-order valence-corrected chi connectivity index (χ1v) is 11.2. The minimum Gasteiger partial charge on any atom is -0.502 e. The van der Waals surface area contributed by atoms with E-state index in [1.807, 2.05) is 18.2 Å². The van der Waals surface area contributed by atoms with Crippen LogP contribution >= 0.6 is 0 Å². The number of carbonyl (C=O) groups excluding carboxylic acids is 1. The van der Waals surface area contributed by atoms with Crippen molar-refractivity contribution in [3.05, 3.63) is 87.0 Å². The number of hydrogen-bond acceptors (Lipinski definition) is 6. The van der Waals surface area contributed by atoms with Gasteiger partial charge in [0.2, 0.25) is 17.1 Å². The zero-order valence-electron chi connectivity index (χ0n) is 19.1. The number of para-hydroxylation sites is 1. The van der Waals surface area contributed by atoms with Crippen molar-refractivity contribution >= 4 is 16.8 Å². The molecule has 8 heteroatoms. The third kappa shape index (κ3) is 4.01. The summed E-state index contributed by atoms with van der Waals surface area (Å²) in [6.45, 7) is 2.90. The minimum absolute atomic E-state index is 0.00515. The van der Waals surface area contributed by atoms with Crippen LogP contribution in [0.5, 0.6) is 5.75 Å². The Morgan fingerprint density at radius 1 is 1.24 bits per heavy atom. The van der Waals surface area contributed by atoms with E-state index in [-0.39, 0.29) is 30.5 Å². The molecule has 34 heavy (non-hydrogen) atoms. The van der Waals surface area contributed by atoms with Crippen LogP contribution in [0, 0.1) is 6.92 Å². The molecule has 8 nitrogen and oxygen atoms in total. The first-order valence-electron chi connectivity index (χ1n) is 11.2. The molecule has 1 atom stereocenters. The first kappa shape index (κ1) is 22.0. The largest absolute Gasteiger partial charge is 0.502 e. The number of nitrogens with one attached hydrogen (secondary N) is 1. The number of H-pyrrole nitrogens is 1. The van der Waals surface area contributed by atoms with Crippen LogP contribution < -0.4 is 5.43 Å². The Hall–Kier alpha value is -3.78. The van der Waals surface area contributed by atoms with Crippen LogP contribution in [0.4, 0.5) is 0 Å². The number of hydrogen-bond donors (Lipinski definition) is 2. The number of aromatic hydroxyl groups is 1. The molecule has 4 aromatic rings. The van der Waals surface area contributed by atoms with Gasteiger partial charge in [-0.15, -0.1) is 0 Å². The number of aromatic nitrogens is 1. The fourth-order valence-corrected chi connectivity index (χ4v) is 4.68. The van der Waals surface area contributed by atoms with Gasteiger partial charge in [-0.3, -0.25) is 9.59 Å². The molecule has 176 valence electrons. The normalized spacial score (nSPS) is 14.4.